The van der Waals surface area contributed by atoms with Crippen molar-refractivity contribution in [3.8, 4) is 17.9 Å². The van der Waals surface area contributed by atoms with Crippen molar-refractivity contribution in [3.63, 3.8) is 0 Å². The molecule has 0 radical (unpaired) electrons. The van der Waals surface area contributed by atoms with Crippen LogP contribution in [0.25, 0.3) is 0 Å². The number of benzene rings is 2. The van der Waals surface area contributed by atoms with Crippen molar-refractivity contribution in [2.75, 3.05) is 18.0 Å². The van der Waals surface area contributed by atoms with Crippen LogP contribution in [0.15, 0.2) is 48.5 Å². The van der Waals surface area contributed by atoms with Crippen molar-refractivity contribution in [2.24, 2.45) is 0 Å². The Kier molecular flexibility index (Phi) is 5.02. The molecule has 0 spiro atoms. The fraction of sp³-hybridized carbons (Fsp3) is 0.211. The fourth-order valence-corrected chi connectivity index (χ4v) is 2.12. The number of nitriles is 1. The molecule has 0 aromatic heterocycles. The first-order valence-corrected chi connectivity index (χ1v) is 7.14. The van der Waals surface area contributed by atoms with Crippen molar-refractivity contribution >= 4 is 5.69 Å². The molecule has 2 heteroatoms. The Bertz CT molecular complexity index is 676. The van der Waals surface area contributed by atoms with Crippen LogP contribution in [0.4, 0.5) is 5.69 Å². The molecule has 2 rings (SSSR count). The molecule has 0 saturated carbocycles. The Balaban J connectivity index is 2.13. The van der Waals surface area contributed by atoms with Gasteiger partial charge in [-0.1, -0.05) is 11.8 Å². The molecule has 21 heavy (non-hydrogen) atoms. The second kappa shape index (κ2) is 7.17. The van der Waals surface area contributed by atoms with Gasteiger partial charge in [-0.25, -0.2) is 0 Å². The lowest BCUT2D eigenvalue weighted by Crippen LogP contribution is -2.21. The third-order valence-electron chi connectivity index (χ3n) is 3.36. The average Bonchev–Trinajstić information content (AvgIpc) is 2.55. The van der Waals surface area contributed by atoms with Crippen LogP contribution in [-0.2, 0) is 0 Å². The zero-order valence-electron chi connectivity index (χ0n) is 12.4. The summed E-state index contributed by atoms with van der Waals surface area (Å²) in [5.74, 6) is 6.27. The molecule has 0 amide bonds. The number of rotatable bonds is 3. The number of anilines is 1. The second-order valence-electron chi connectivity index (χ2n) is 4.66. The summed E-state index contributed by atoms with van der Waals surface area (Å²) < 4.78 is 0. The lowest BCUT2D eigenvalue weighted by molar-refractivity contribution is 0.866. The molecule has 0 unspecified atom stereocenters. The molecule has 0 heterocycles. The maximum absolute atomic E-state index is 8.76. The molecule has 104 valence electrons. The van der Waals surface area contributed by atoms with Crippen LogP contribution in [0.1, 0.15) is 30.5 Å². The van der Waals surface area contributed by atoms with E-state index in [0.29, 0.717) is 5.56 Å². The van der Waals surface area contributed by atoms with E-state index in [-0.39, 0.29) is 0 Å². The average molecular weight is 274 g/mol. The zero-order chi connectivity index (χ0) is 15.1. The van der Waals surface area contributed by atoms with Gasteiger partial charge in [0.1, 0.15) is 0 Å². The predicted molar refractivity (Wildman–Crippen MR) is 87.1 cm³/mol. The molecule has 0 aliphatic heterocycles. The predicted octanol–water partition coefficient (Wildman–Crippen LogP) is 3.80. The van der Waals surface area contributed by atoms with Gasteiger partial charge in [0.15, 0.2) is 0 Å². The van der Waals surface area contributed by atoms with Gasteiger partial charge in [-0.2, -0.15) is 5.26 Å². The van der Waals surface area contributed by atoms with E-state index in [1.165, 1.54) is 5.69 Å². The van der Waals surface area contributed by atoms with Gasteiger partial charge in [0.05, 0.1) is 11.6 Å². The maximum atomic E-state index is 8.76. The van der Waals surface area contributed by atoms with E-state index < -0.39 is 0 Å². The van der Waals surface area contributed by atoms with E-state index in [0.717, 1.165) is 24.2 Å². The monoisotopic (exact) mass is 274 g/mol. The number of nitrogens with zero attached hydrogens (tertiary/aromatic N) is 2. The normalized spacial score (nSPS) is 9.38. The Morgan fingerprint density at radius 3 is 1.62 bits per heavy atom. The lowest BCUT2D eigenvalue weighted by atomic mass is 10.1. The van der Waals surface area contributed by atoms with E-state index in [1.54, 1.807) is 12.1 Å². The zero-order valence-corrected chi connectivity index (χ0v) is 12.4. The summed E-state index contributed by atoms with van der Waals surface area (Å²) in [6.07, 6.45) is 0. The highest BCUT2D eigenvalue weighted by Crippen LogP contribution is 2.14. The first-order valence-electron chi connectivity index (χ1n) is 7.14. The SMILES string of the molecule is CCN(CC)c1ccc(C#Cc2ccc(C#N)cc2)cc1. The molecule has 2 aromatic rings. The molecule has 2 aromatic carbocycles. The molecule has 0 bridgehead atoms. The first kappa shape index (κ1) is 14.7. The van der Waals surface area contributed by atoms with Crippen molar-refractivity contribution in [1.29, 1.82) is 5.26 Å². The summed E-state index contributed by atoms with van der Waals surface area (Å²) in [7, 11) is 0. The minimum absolute atomic E-state index is 0.657. The van der Waals surface area contributed by atoms with Crippen molar-refractivity contribution in [2.45, 2.75) is 13.8 Å². The second-order valence-corrected chi connectivity index (χ2v) is 4.66. The Morgan fingerprint density at radius 1 is 0.762 bits per heavy atom. The molecule has 0 N–H and O–H groups in total. The molecule has 2 nitrogen and oxygen atoms in total. The molecular formula is C19H18N2. The Morgan fingerprint density at radius 2 is 1.19 bits per heavy atom. The fourth-order valence-electron chi connectivity index (χ4n) is 2.12. The van der Waals surface area contributed by atoms with Gasteiger partial charge < -0.3 is 4.90 Å². The Labute approximate surface area is 126 Å². The minimum atomic E-state index is 0.657. The summed E-state index contributed by atoms with van der Waals surface area (Å²) >= 11 is 0. The van der Waals surface area contributed by atoms with Gasteiger partial charge in [0.25, 0.3) is 0 Å². The molecule has 0 aliphatic carbocycles. The summed E-state index contributed by atoms with van der Waals surface area (Å²) in [5, 5.41) is 8.76. The smallest absolute Gasteiger partial charge is 0.0991 e. The van der Waals surface area contributed by atoms with Crippen LogP contribution >= 0.6 is 0 Å². The summed E-state index contributed by atoms with van der Waals surface area (Å²) in [4.78, 5) is 2.30. The van der Waals surface area contributed by atoms with Crippen LogP contribution in [0.2, 0.25) is 0 Å². The molecule has 0 atom stereocenters. The van der Waals surface area contributed by atoms with E-state index in [9.17, 15) is 0 Å². The van der Waals surface area contributed by atoms with Crippen LogP contribution in [0.5, 0.6) is 0 Å². The highest BCUT2D eigenvalue weighted by Gasteiger charge is 2.00. The van der Waals surface area contributed by atoms with Crippen molar-refractivity contribution in [3.05, 3.63) is 65.2 Å². The minimum Gasteiger partial charge on any atom is -0.372 e. The van der Waals surface area contributed by atoms with E-state index >= 15 is 0 Å². The largest absolute Gasteiger partial charge is 0.372 e. The van der Waals surface area contributed by atoms with Crippen LogP contribution in [-0.4, -0.2) is 13.1 Å². The molecule has 0 saturated heterocycles. The van der Waals surface area contributed by atoms with Gasteiger partial charge in [0, 0.05) is 29.9 Å². The van der Waals surface area contributed by atoms with Crippen LogP contribution in [0.3, 0.4) is 0 Å². The highest BCUT2D eigenvalue weighted by molar-refractivity contribution is 5.52. The molecular weight excluding hydrogens is 256 g/mol. The first-order chi connectivity index (χ1) is 10.3. The van der Waals surface area contributed by atoms with E-state index in [1.807, 2.05) is 24.3 Å². The molecule has 0 aliphatic rings. The molecule has 0 fully saturated rings. The number of hydrogen-bond donors (Lipinski definition) is 0. The van der Waals surface area contributed by atoms with Gasteiger partial charge in [-0.05, 0) is 62.4 Å². The third kappa shape index (κ3) is 3.88. The van der Waals surface area contributed by atoms with Crippen LogP contribution in [0, 0.1) is 23.2 Å². The summed E-state index contributed by atoms with van der Waals surface area (Å²) in [5.41, 5.74) is 3.80. The van der Waals surface area contributed by atoms with Gasteiger partial charge in [-0.3, -0.25) is 0 Å². The number of hydrogen-bond acceptors (Lipinski definition) is 2. The third-order valence-corrected chi connectivity index (χ3v) is 3.36. The van der Waals surface area contributed by atoms with Gasteiger partial charge >= 0.3 is 0 Å². The quantitative estimate of drug-likeness (QED) is 0.796. The van der Waals surface area contributed by atoms with Gasteiger partial charge in [0.2, 0.25) is 0 Å². The van der Waals surface area contributed by atoms with Crippen molar-refractivity contribution in [1.82, 2.24) is 0 Å². The van der Waals surface area contributed by atoms with Gasteiger partial charge in [-0.15, -0.1) is 0 Å². The Hall–Kier alpha value is -2.71. The highest BCUT2D eigenvalue weighted by atomic mass is 15.1. The maximum Gasteiger partial charge on any atom is 0.0991 e. The standard InChI is InChI=1S/C19H18N2/c1-3-21(4-2)19-13-11-17(12-14-19)6-5-16-7-9-18(15-20)10-8-16/h7-14H,3-4H2,1-2H3. The van der Waals surface area contributed by atoms with Crippen molar-refractivity contribution < 1.29 is 0 Å². The lowest BCUT2D eigenvalue weighted by Gasteiger charge is -2.20. The topological polar surface area (TPSA) is 27.0 Å². The van der Waals surface area contributed by atoms with E-state index in [4.69, 9.17) is 5.26 Å². The summed E-state index contributed by atoms with van der Waals surface area (Å²) in [6, 6.07) is 17.7. The van der Waals surface area contributed by atoms with E-state index in [2.05, 4.69) is 48.8 Å². The van der Waals surface area contributed by atoms with Crippen LogP contribution < -0.4 is 4.90 Å². The summed E-state index contributed by atoms with van der Waals surface area (Å²) in [6.45, 7) is 6.32.